The van der Waals surface area contributed by atoms with E-state index in [4.69, 9.17) is 11.6 Å². The number of nitrogens with zero attached hydrogens (tertiary/aromatic N) is 5. The van der Waals surface area contributed by atoms with Crippen LogP contribution in [0.5, 0.6) is 0 Å². The van der Waals surface area contributed by atoms with Crippen LogP contribution < -0.4 is 4.90 Å². The van der Waals surface area contributed by atoms with Gasteiger partial charge in [0.2, 0.25) is 5.82 Å². The van der Waals surface area contributed by atoms with Crippen molar-refractivity contribution in [3.8, 4) is 0 Å². The van der Waals surface area contributed by atoms with E-state index in [0.717, 1.165) is 15.5 Å². The number of carbonyl (C=O) groups excluding carboxylic acids is 1. The number of alkyl halides is 3. The molecule has 0 aliphatic carbocycles. The fourth-order valence-corrected chi connectivity index (χ4v) is 2.76. The molecular weight excluding hydrogens is 366 g/mol. The number of halogens is 5. The van der Waals surface area contributed by atoms with Crippen LogP contribution in [-0.4, -0.2) is 39.3 Å². The van der Waals surface area contributed by atoms with Gasteiger partial charge < -0.3 is 9.47 Å². The number of rotatable bonds is 1. The van der Waals surface area contributed by atoms with E-state index in [9.17, 15) is 22.4 Å². The van der Waals surface area contributed by atoms with Gasteiger partial charge in [0.25, 0.3) is 0 Å². The van der Waals surface area contributed by atoms with Crippen LogP contribution in [0.3, 0.4) is 0 Å². The number of urea groups is 1. The lowest BCUT2D eigenvalue weighted by Gasteiger charge is -2.31. The Morgan fingerprint density at radius 2 is 2.00 bits per heavy atom. The summed E-state index contributed by atoms with van der Waals surface area (Å²) < 4.78 is 53.4. The molecule has 0 spiro atoms. The molecule has 2 aromatic rings. The van der Waals surface area contributed by atoms with Gasteiger partial charge in [-0.3, -0.25) is 4.90 Å². The second-order valence-electron chi connectivity index (χ2n) is 5.45. The summed E-state index contributed by atoms with van der Waals surface area (Å²) in [4.78, 5) is 14.9. The highest BCUT2D eigenvalue weighted by molar-refractivity contribution is 6.30. The molecule has 11 heteroatoms. The second-order valence-corrected chi connectivity index (χ2v) is 5.88. The summed E-state index contributed by atoms with van der Waals surface area (Å²) in [5, 5.41) is 6.85. The molecule has 0 saturated heterocycles. The lowest BCUT2D eigenvalue weighted by molar-refractivity contribution is -0.147. The predicted octanol–water partition coefficient (Wildman–Crippen LogP) is 3.16. The highest BCUT2D eigenvalue weighted by Gasteiger charge is 2.40. The van der Waals surface area contributed by atoms with Crippen LogP contribution in [0.15, 0.2) is 18.2 Å². The van der Waals surface area contributed by atoms with Gasteiger partial charge in [-0.2, -0.15) is 13.2 Å². The van der Waals surface area contributed by atoms with E-state index >= 15 is 0 Å². The van der Waals surface area contributed by atoms with Crippen LogP contribution in [0.2, 0.25) is 5.02 Å². The first-order valence-corrected chi connectivity index (χ1v) is 7.53. The third kappa shape index (κ3) is 3.26. The molecule has 0 bridgehead atoms. The van der Waals surface area contributed by atoms with E-state index < -0.39 is 23.8 Å². The highest BCUT2D eigenvalue weighted by atomic mass is 35.5. The maximum atomic E-state index is 14.0. The Hall–Kier alpha value is -2.36. The molecule has 0 N–H and O–H groups in total. The summed E-state index contributed by atoms with van der Waals surface area (Å²) in [6, 6.07) is 3.29. The molecule has 0 fully saturated rings. The van der Waals surface area contributed by atoms with Crippen molar-refractivity contribution < 1.29 is 22.4 Å². The lowest BCUT2D eigenvalue weighted by Crippen LogP contribution is -2.45. The largest absolute Gasteiger partial charge is 0.451 e. The van der Waals surface area contributed by atoms with Crippen LogP contribution in [0.1, 0.15) is 11.6 Å². The van der Waals surface area contributed by atoms with Crippen molar-refractivity contribution in [2.75, 3.05) is 18.5 Å². The molecule has 2 heterocycles. The smallest absolute Gasteiger partial charge is 0.315 e. The maximum Gasteiger partial charge on any atom is 0.451 e. The molecule has 2 amide bonds. The Bertz CT molecular complexity index is 822. The topological polar surface area (TPSA) is 54.3 Å². The molecule has 0 radical (unpaired) electrons. The average molecular weight is 378 g/mol. The molecule has 6 nitrogen and oxygen atoms in total. The van der Waals surface area contributed by atoms with Crippen molar-refractivity contribution in [1.82, 2.24) is 19.7 Å². The number of fused-ring (bicyclic) bond motifs is 1. The van der Waals surface area contributed by atoms with E-state index in [1.807, 2.05) is 0 Å². The van der Waals surface area contributed by atoms with Gasteiger partial charge >= 0.3 is 12.2 Å². The molecular formula is C14H12ClF4N5O. The van der Waals surface area contributed by atoms with Crippen LogP contribution in [0.4, 0.5) is 28.0 Å². The van der Waals surface area contributed by atoms with Gasteiger partial charge in [0.05, 0.1) is 12.2 Å². The summed E-state index contributed by atoms with van der Waals surface area (Å²) >= 11 is 5.68. The molecule has 1 aliphatic heterocycles. The lowest BCUT2D eigenvalue weighted by atomic mass is 10.3. The van der Waals surface area contributed by atoms with Crippen LogP contribution in [0.25, 0.3) is 0 Å². The van der Waals surface area contributed by atoms with E-state index in [2.05, 4.69) is 10.2 Å². The monoisotopic (exact) mass is 377 g/mol. The first-order valence-electron chi connectivity index (χ1n) is 7.15. The molecule has 134 valence electrons. The number of aromatic nitrogens is 3. The summed E-state index contributed by atoms with van der Waals surface area (Å²) in [6.07, 6.45) is -4.61. The number of anilines is 1. The summed E-state index contributed by atoms with van der Waals surface area (Å²) in [7, 11) is 1.37. The number of hydrogen-bond acceptors (Lipinski definition) is 3. The Morgan fingerprint density at radius 3 is 2.64 bits per heavy atom. The average Bonchev–Trinajstić information content (AvgIpc) is 2.96. The van der Waals surface area contributed by atoms with Gasteiger partial charge in [0, 0.05) is 25.2 Å². The van der Waals surface area contributed by atoms with Gasteiger partial charge in [-0.05, 0) is 18.2 Å². The number of amides is 2. The van der Waals surface area contributed by atoms with E-state index in [1.54, 1.807) is 0 Å². The molecule has 1 aliphatic rings. The maximum absolute atomic E-state index is 14.0. The van der Waals surface area contributed by atoms with Gasteiger partial charge in [-0.25, -0.2) is 9.18 Å². The quantitative estimate of drug-likeness (QED) is 0.717. The first kappa shape index (κ1) is 17.5. The van der Waals surface area contributed by atoms with Gasteiger partial charge in [0.1, 0.15) is 5.82 Å². The van der Waals surface area contributed by atoms with Crippen LogP contribution >= 0.6 is 11.6 Å². The fraction of sp³-hybridized carbons (Fsp3) is 0.357. The predicted molar refractivity (Wildman–Crippen MR) is 80.6 cm³/mol. The SMILES string of the molecule is CN(C(=O)N1CCn2c(nnc2C(F)(F)F)C1)c1ccc(Cl)cc1F. The summed E-state index contributed by atoms with van der Waals surface area (Å²) in [5.74, 6) is -1.74. The molecule has 0 unspecified atom stereocenters. The minimum Gasteiger partial charge on any atom is -0.315 e. The molecule has 25 heavy (non-hydrogen) atoms. The van der Waals surface area contributed by atoms with Crippen molar-refractivity contribution in [2.45, 2.75) is 19.3 Å². The molecule has 3 rings (SSSR count). The van der Waals surface area contributed by atoms with Crippen molar-refractivity contribution >= 4 is 23.3 Å². The Kier molecular flexibility index (Phi) is 4.31. The zero-order chi connectivity index (χ0) is 18.4. The van der Waals surface area contributed by atoms with Gasteiger partial charge in [-0.15, -0.1) is 10.2 Å². The first-order chi connectivity index (χ1) is 11.7. The number of carbonyl (C=O) groups is 1. The normalized spacial score (nSPS) is 14.4. The number of benzene rings is 1. The van der Waals surface area contributed by atoms with Gasteiger partial charge in [-0.1, -0.05) is 11.6 Å². The third-order valence-corrected chi connectivity index (χ3v) is 4.07. The zero-order valence-corrected chi connectivity index (χ0v) is 13.6. The van der Waals surface area contributed by atoms with Crippen molar-refractivity contribution in [3.63, 3.8) is 0 Å². The molecule has 1 aromatic heterocycles. The molecule has 0 saturated carbocycles. The third-order valence-electron chi connectivity index (χ3n) is 3.84. The summed E-state index contributed by atoms with van der Waals surface area (Å²) in [6.45, 7) is -0.228. The van der Waals surface area contributed by atoms with E-state index in [-0.39, 0.29) is 36.2 Å². The van der Waals surface area contributed by atoms with E-state index in [1.165, 1.54) is 24.1 Å². The second kappa shape index (κ2) is 6.17. The Morgan fingerprint density at radius 1 is 1.28 bits per heavy atom. The molecule has 0 atom stereocenters. The molecule has 1 aromatic carbocycles. The van der Waals surface area contributed by atoms with Crippen molar-refractivity contribution in [2.24, 2.45) is 0 Å². The number of hydrogen-bond donors (Lipinski definition) is 0. The Balaban J connectivity index is 1.80. The fourth-order valence-electron chi connectivity index (χ4n) is 2.60. The van der Waals surface area contributed by atoms with E-state index in [0.29, 0.717) is 0 Å². The Labute approximate surface area is 144 Å². The van der Waals surface area contributed by atoms with Crippen LogP contribution in [0, 0.1) is 5.82 Å². The minimum absolute atomic E-state index is 0.0115. The summed E-state index contributed by atoms with van der Waals surface area (Å²) in [5.41, 5.74) is 0.0115. The van der Waals surface area contributed by atoms with Crippen LogP contribution in [-0.2, 0) is 19.3 Å². The minimum atomic E-state index is -4.61. The highest BCUT2D eigenvalue weighted by Crippen LogP contribution is 2.30. The van der Waals surface area contributed by atoms with Gasteiger partial charge in [0.15, 0.2) is 5.82 Å². The zero-order valence-electron chi connectivity index (χ0n) is 12.9. The van der Waals surface area contributed by atoms with Crippen molar-refractivity contribution in [1.29, 1.82) is 0 Å². The standard InChI is InChI=1S/C14H12ClF4N5O/c1-22(10-3-2-8(15)6-9(10)16)13(25)23-4-5-24-11(7-23)20-21-12(24)14(17,18)19/h2-3,6H,4-5,7H2,1H3. The van der Waals surface area contributed by atoms with Crippen molar-refractivity contribution in [3.05, 3.63) is 40.7 Å².